The van der Waals surface area contributed by atoms with Crippen molar-refractivity contribution in [2.75, 3.05) is 0 Å². The van der Waals surface area contributed by atoms with E-state index in [1.54, 1.807) is 6.08 Å². The zero-order valence-corrected chi connectivity index (χ0v) is 25.3. The number of nitrogens with one attached hydrogen (secondary N) is 1. The summed E-state index contributed by atoms with van der Waals surface area (Å²) in [5.41, 5.74) is -2.07. The van der Waals surface area contributed by atoms with E-state index < -0.39 is 44.9 Å². The van der Waals surface area contributed by atoms with E-state index in [9.17, 15) is 28.4 Å². The van der Waals surface area contributed by atoms with Gasteiger partial charge in [0, 0.05) is 35.1 Å². The Balaban J connectivity index is 1.70. The van der Waals surface area contributed by atoms with Gasteiger partial charge in [0.2, 0.25) is 0 Å². The lowest BCUT2D eigenvalue weighted by atomic mass is 9.32. The van der Waals surface area contributed by atoms with Crippen molar-refractivity contribution in [1.82, 2.24) is 5.32 Å². The third-order valence-corrected chi connectivity index (χ3v) is 12.8. The van der Waals surface area contributed by atoms with Gasteiger partial charge in [-0.3, -0.25) is 14.4 Å². The highest BCUT2D eigenvalue weighted by molar-refractivity contribution is 6.02. The molecule has 0 bridgehead atoms. The molecule has 1 amide bonds. The van der Waals surface area contributed by atoms with Crippen molar-refractivity contribution in [2.24, 2.45) is 44.8 Å². The number of carbonyl (C=O) groups is 3. The lowest BCUT2D eigenvalue weighted by molar-refractivity contribution is -0.192. The number of amides is 1. The summed E-state index contributed by atoms with van der Waals surface area (Å²) in [5, 5.41) is 12.6. The highest BCUT2D eigenvalue weighted by atomic mass is 19.3. The molecule has 7 heteroatoms. The third kappa shape index (κ3) is 3.56. The van der Waals surface area contributed by atoms with Crippen LogP contribution in [-0.2, 0) is 14.4 Å². The monoisotopic (exact) mass is 554 g/mol. The summed E-state index contributed by atoms with van der Waals surface area (Å²) in [6, 6.07) is 2.11. The number of hydrogen-bond acceptors (Lipinski definition) is 4. The lowest BCUT2D eigenvalue weighted by Crippen LogP contribution is -2.74. The van der Waals surface area contributed by atoms with Crippen LogP contribution in [0.5, 0.6) is 0 Å². The summed E-state index contributed by atoms with van der Waals surface area (Å²) in [6.07, 6.45) is 8.35. The molecule has 1 N–H and O–H groups in total. The van der Waals surface area contributed by atoms with Gasteiger partial charge in [-0.1, -0.05) is 60.1 Å². The van der Waals surface area contributed by atoms with Crippen molar-refractivity contribution in [1.29, 1.82) is 5.26 Å². The molecule has 218 valence electrons. The summed E-state index contributed by atoms with van der Waals surface area (Å²) < 4.78 is 28.5. The highest BCUT2D eigenvalue weighted by Gasteiger charge is 2.73. The molecule has 0 heterocycles. The Morgan fingerprint density at radius 3 is 2.25 bits per heavy atom. The third-order valence-electron chi connectivity index (χ3n) is 12.8. The minimum atomic E-state index is -3.51. The molecule has 40 heavy (non-hydrogen) atoms. The molecular formula is C33H44F2N2O3. The van der Waals surface area contributed by atoms with Gasteiger partial charge in [-0.2, -0.15) is 14.0 Å². The second-order valence-corrected chi connectivity index (χ2v) is 15.6. The van der Waals surface area contributed by atoms with Crippen LogP contribution >= 0.6 is 0 Å². The average Bonchev–Trinajstić information content (AvgIpc) is 2.82. The number of nitrogens with zero attached hydrogens (tertiary/aromatic N) is 1. The normalized spacial score (nSPS) is 46.0. The van der Waals surface area contributed by atoms with Crippen LogP contribution in [0.1, 0.15) is 100 Å². The minimum Gasteiger partial charge on any atom is -0.345 e. The van der Waals surface area contributed by atoms with Crippen molar-refractivity contribution in [3.63, 3.8) is 0 Å². The molecule has 5 rings (SSSR count). The molecule has 5 aliphatic carbocycles. The Bertz CT molecular complexity index is 1300. The quantitative estimate of drug-likeness (QED) is 0.410. The number of Topliss-reactive ketones (excluding diaryl/α,β-unsaturated/α-hetero) is 1. The molecule has 5 nitrogen and oxygen atoms in total. The fourth-order valence-corrected chi connectivity index (χ4v) is 10.7. The predicted molar refractivity (Wildman–Crippen MR) is 148 cm³/mol. The largest absolute Gasteiger partial charge is 0.345 e. The van der Waals surface area contributed by atoms with E-state index in [2.05, 4.69) is 52.9 Å². The van der Waals surface area contributed by atoms with Gasteiger partial charge >= 0.3 is 5.92 Å². The standard InChI is InChI=1S/C33H44F2N2O3/c1-19-21-9-10-29(5)23(28(21,4)16-20(17-36)24(19)39)15-22(38)25-30(29,6)12-14-33(37-26(40)32(8,34)35)13-11-27(2,3)18-31(25,33)7/h15-16,19,21,25H,9-14,18H2,1-8H3,(H,37,40)/t19?,21?,25?,28?,29?,30-,31?,33?/m1/s1. The smallest absolute Gasteiger partial charge is 0.321 e. The Morgan fingerprint density at radius 1 is 1.02 bits per heavy atom. The molecule has 0 spiro atoms. The number of allylic oxidation sites excluding steroid dienone is 4. The van der Waals surface area contributed by atoms with Crippen LogP contribution in [0.3, 0.4) is 0 Å². The van der Waals surface area contributed by atoms with Crippen LogP contribution in [-0.4, -0.2) is 28.9 Å². The number of hydrogen-bond donors (Lipinski definition) is 1. The maximum absolute atomic E-state index is 14.6. The summed E-state index contributed by atoms with van der Waals surface area (Å²) in [7, 11) is 0. The Morgan fingerprint density at radius 2 is 1.65 bits per heavy atom. The lowest BCUT2D eigenvalue weighted by Gasteiger charge is -2.72. The minimum absolute atomic E-state index is 0.00216. The van der Waals surface area contributed by atoms with Crippen molar-refractivity contribution in [3.8, 4) is 6.07 Å². The number of carbonyl (C=O) groups excluding carboxylic acids is 3. The molecule has 0 aromatic rings. The molecule has 8 atom stereocenters. The number of rotatable bonds is 2. The molecule has 0 saturated heterocycles. The van der Waals surface area contributed by atoms with Gasteiger partial charge in [0.25, 0.3) is 5.91 Å². The molecule has 7 unspecified atom stereocenters. The zero-order valence-electron chi connectivity index (χ0n) is 25.3. The number of fused-ring (bicyclic) bond motifs is 7. The van der Waals surface area contributed by atoms with E-state index in [4.69, 9.17) is 0 Å². The van der Waals surface area contributed by atoms with Crippen LogP contribution in [0.4, 0.5) is 8.78 Å². The average molecular weight is 555 g/mol. The van der Waals surface area contributed by atoms with E-state index in [0.29, 0.717) is 32.6 Å². The van der Waals surface area contributed by atoms with Gasteiger partial charge in [-0.05, 0) is 73.2 Å². The number of alkyl halides is 2. The summed E-state index contributed by atoms with van der Waals surface area (Å²) in [6.45, 7) is 15.5. The van der Waals surface area contributed by atoms with E-state index in [-0.39, 0.29) is 34.4 Å². The predicted octanol–water partition coefficient (Wildman–Crippen LogP) is 6.73. The maximum atomic E-state index is 14.6. The second kappa shape index (κ2) is 8.35. The fraction of sp³-hybridized carbons (Fsp3) is 0.758. The van der Waals surface area contributed by atoms with Crippen molar-refractivity contribution in [2.45, 2.75) is 112 Å². The summed E-state index contributed by atoms with van der Waals surface area (Å²) in [4.78, 5) is 40.3. The molecule has 0 aromatic heterocycles. The van der Waals surface area contributed by atoms with Gasteiger partial charge in [-0.15, -0.1) is 0 Å². The first-order chi connectivity index (χ1) is 18.2. The molecule has 0 aliphatic heterocycles. The van der Waals surface area contributed by atoms with Gasteiger partial charge in [0.15, 0.2) is 11.6 Å². The molecule has 0 radical (unpaired) electrons. The molecule has 0 aromatic carbocycles. The van der Waals surface area contributed by atoms with Gasteiger partial charge in [-0.25, -0.2) is 0 Å². The SMILES string of the molecule is CC1C(=O)C(C#N)=CC2(C)C3=CC(=O)C4C5(C)CC(C)(C)CCC5(NC(=O)C(C)(F)F)CC[C@@]4(C)C3(C)CCC12. The molecule has 3 fully saturated rings. The second-order valence-electron chi connectivity index (χ2n) is 15.6. The van der Waals surface area contributed by atoms with Gasteiger partial charge in [0.1, 0.15) is 6.07 Å². The first kappa shape index (κ1) is 29.1. The van der Waals surface area contributed by atoms with Crippen LogP contribution in [0, 0.1) is 56.2 Å². The Labute approximate surface area is 237 Å². The van der Waals surface area contributed by atoms with Crippen LogP contribution in [0.15, 0.2) is 23.3 Å². The first-order valence-electron chi connectivity index (χ1n) is 14.9. The fourth-order valence-electron chi connectivity index (χ4n) is 10.7. The molecule has 5 aliphatic rings. The van der Waals surface area contributed by atoms with Gasteiger partial charge in [0.05, 0.1) is 5.57 Å². The van der Waals surface area contributed by atoms with Gasteiger partial charge < -0.3 is 5.32 Å². The van der Waals surface area contributed by atoms with E-state index in [1.807, 2.05) is 13.0 Å². The van der Waals surface area contributed by atoms with E-state index >= 15 is 0 Å². The van der Waals surface area contributed by atoms with Crippen LogP contribution < -0.4 is 5.32 Å². The van der Waals surface area contributed by atoms with Crippen LogP contribution in [0.2, 0.25) is 0 Å². The highest BCUT2D eigenvalue weighted by Crippen LogP contribution is 2.75. The molecular weight excluding hydrogens is 510 g/mol. The van der Waals surface area contributed by atoms with E-state index in [0.717, 1.165) is 24.8 Å². The topological polar surface area (TPSA) is 87.0 Å². The molecule has 3 saturated carbocycles. The van der Waals surface area contributed by atoms with Crippen molar-refractivity contribution >= 4 is 17.5 Å². The van der Waals surface area contributed by atoms with Crippen molar-refractivity contribution in [3.05, 3.63) is 23.3 Å². The summed E-state index contributed by atoms with van der Waals surface area (Å²) in [5.74, 6) is -5.69. The number of halogens is 2. The zero-order chi connectivity index (χ0) is 29.9. The van der Waals surface area contributed by atoms with Crippen LogP contribution in [0.25, 0.3) is 0 Å². The maximum Gasteiger partial charge on any atom is 0.321 e. The number of nitriles is 1. The Kier molecular flexibility index (Phi) is 6.09. The summed E-state index contributed by atoms with van der Waals surface area (Å²) >= 11 is 0. The first-order valence-corrected chi connectivity index (χ1v) is 14.9. The van der Waals surface area contributed by atoms with E-state index in [1.165, 1.54) is 0 Å². The van der Waals surface area contributed by atoms with Crippen molar-refractivity contribution < 1.29 is 23.2 Å². The Hall–Kier alpha value is -2.36. The number of ketones is 2.